The van der Waals surface area contributed by atoms with Crippen molar-refractivity contribution >= 4 is 5.97 Å². The van der Waals surface area contributed by atoms with Crippen LogP contribution in [-0.2, 0) is 4.79 Å². The number of hydrogen-bond donors (Lipinski definition) is 1. The van der Waals surface area contributed by atoms with Crippen LogP contribution in [0.15, 0.2) is 0 Å². The number of rotatable bonds is 10. The number of carboxylic acids is 1. The number of aliphatic carboxylic acids is 1. The van der Waals surface area contributed by atoms with E-state index in [2.05, 4.69) is 13.8 Å². The normalized spacial score (nSPS) is 14.7. The second-order valence-corrected chi connectivity index (χ2v) is 4.98. The zero-order chi connectivity index (χ0) is 12.4. The van der Waals surface area contributed by atoms with Crippen LogP contribution in [0.2, 0.25) is 0 Å². The van der Waals surface area contributed by atoms with Crippen LogP contribution in [0, 0.1) is 11.8 Å². The third-order valence-electron chi connectivity index (χ3n) is 3.39. The highest BCUT2D eigenvalue weighted by Gasteiger charge is 2.14. The number of unbranched alkanes of at least 4 members (excludes halogenated alkanes) is 2. The average molecular weight is 228 g/mol. The summed E-state index contributed by atoms with van der Waals surface area (Å²) in [5, 5.41) is 8.91. The second-order valence-electron chi connectivity index (χ2n) is 4.98. The molecule has 0 amide bonds. The summed E-state index contributed by atoms with van der Waals surface area (Å²) in [7, 11) is 0. The van der Waals surface area contributed by atoms with Gasteiger partial charge in [0, 0.05) is 0 Å². The molecule has 0 aliphatic rings. The van der Waals surface area contributed by atoms with Gasteiger partial charge in [0.2, 0.25) is 0 Å². The molecule has 0 radical (unpaired) electrons. The topological polar surface area (TPSA) is 37.3 Å². The van der Waals surface area contributed by atoms with Crippen molar-refractivity contribution in [3.8, 4) is 0 Å². The predicted molar refractivity (Wildman–Crippen MR) is 68.6 cm³/mol. The Morgan fingerprint density at radius 3 is 2.19 bits per heavy atom. The van der Waals surface area contributed by atoms with Gasteiger partial charge in [0.05, 0.1) is 5.92 Å². The first-order valence-electron chi connectivity index (χ1n) is 6.84. The maximum Gasteiger partial charge on any atom is 0.306 e. The molecule has 2 atom stereocenters. The second kappa shape index (κ2) is 9.68. The Bertz CT molecular complexity index is 178. The molecule has 0 saturated carbocycles. The maximum atomic E-state index is 10.8. The fourth-order valence-corrected chi connectivity index (χ4v) is 2.10. The molecular weight excluding hydrogens is 200 g/mol. The summed E-state index contributed by atoms with van der Waals surface area (Å²) < 4.78 is 0. The summed E-state index contributed by atoms with van der Waals surface area (Å²) in [4.78, 5) is 10.8. The van der Waals surface area contributed by atoms with Crippen LogP contribution in [0.5, 0.6) is 0 Å². The molecule has 16 heavy (non-hydrogen) atoms. The van der Waals surface area contributed by atoms with E-state index >= 15 is 0 Å². The lowest BCUT2D eigenvalue weighted by molar-refractivity contribution is -0.142. The van der Waals surface area contributed by atoms with Gasteiger partial charge in [-0.25, -0.2) is 0 Å². The summed E-state index contributed by atoms with van der Waals surface area (Å²) in [5.74, 6) is 0.0156. The summed E-state index contributed by atoms with van der Waals surface area (Å²) in [6.45, 7) is 6.48. The van der Waals surface area contributed by atoms with Crippen molar-refractivity contribution < 1.29 is 9.90 Å². The van der Waals surface area contributed by atoms with E-state index in [0.29, 0.717) is 0 Å². The molecule has 0 fully saturated rings. The summed E-state index contributed by atoms with van der Waals surface area (Å²) in [6, 6.07) is 0. The highest BCUT2D eigenvalue weighted by molar-refractivity contribution is 5.69. The molecular formula is C14H28O2. The highest BCUT2D eigenvalue weighted by Crippen LogP contribution is 2.19. The molecule has 0 aromatic carbocycles. The Morgan fingerprint density at radius 2 is 1.69 bits per heavy atom. The van der Waals surface area contributed by atoms with Crippen molar-refractivity contribution in [2.75, 3.05) is 0 Å². The highest BCUT2D eigenvalue weighted by atomic mass is 16.4. The van der Waals surface area contributed by atoms with E-state index < -0.39 is 5.97 Å². The molecule has 0 heterocycles. The minimum atomic E-state index is -0.624. The van der Waals surface area contributed by atoms with Crippen molar-refractivity contribution in [1.82, 2.24) is 0 Å². The Balaban J connectivity index is 3.52. The van der Waals surface area contributed by atoms with Gasteiger partial charge in [-0.15, -0.1) is 0 Å². The van der Waals surface area contributed by atoms with E-state index in [4.69, 9.17) is 5.11 Å². The molecule has 0 aromatic rings. The maximum absolute atomic E-state index is 10.8. The van der Waals surface area contributed by atoms with Crippen LogP contribution in [0.3, 0.4) is 0 Å². The molecule has 0 rings (SSSR count). The molecule has 0 aliphatic heterocycles. The number of carbonyl (C=O) groups is 1. The first-order valence-corrected chi connectivity index (χ1v) is 6.84. The third kappa shape index (κ3) is 7.72. The lowest BCUT2D eigenvalue weighted by atomic mass is 9.93. The largest absolute Gasteiger partial charge is 0.481 e. The molecule has 0 bridgehead atoms. The van der Waals surface area contributed by atoms with Crippen LogP contribution in [0.1, 0.15) is 72.1 Å². The van der Waals surface area contributed by atoms with Crippen molar-refractivity contribution in [2.24, 2.45) is 11.8 Å². The van der Waals surface area contributed by atoms with Crippen molar-refractivity contribution in [2.45, 2.75) is 72.1 Å². The molecule has 1 N–H and O–H groups in total. The van der Waals surface area contributed by atoms with E-state index in [1.807, 2.05) is 6.92 Å². The Kier molecular flexibility index (Phi) is 9.36. The molecule has 96 valence electrons. The van der Waals surface area contributed by atoms with Crippen LogP contribution in [-0.4, -0.2) is 11.1 Å². The lowest BCUT2D eigenvalue weighted by Gasteiger charge is -2.13. The molecule has 2 heteroatoms. The van der Waals surface area contributed by atoms with Gasteiger partial charge in [0.25, 0.3) is 0 Å². The third-order valence-corrected chi connectivity index (χ3v) is 3.39. The molecule has 0 spiro atoms. The Labute approximate surface area is 100 Å². The first kappa shape index (κ1) is 15.5. The SMILES string of the molecule is CCCCCC(C)CCCC(CC)C(=O)O. The molecule has 2 nitrogen and oxygen atoms in total. The zero-order valence-corrected chi connectivity index (χ0v) is 11.2. The Morgan fingerprint density at radius 1 is 1.06 bits per heavy atom. The van der Waals surface area contributed by atoms with E-state index in [-0.39, 0.29) is 5.92 Å². The van der Waals surface area contributed by atoms with Crippen molar-refractivity contribution in [1.29, 1.82) is 0 Å². The minimum Gasteiger partial charge on any atom is -0.481 e. The summed E-state index contributed by atoms with van der Waals surface area (Å²) in [5.41, 5.74) is 0. The smallest absolute Gasteiger partial charge is 0.306 e. The fraction of sp³-hybridized carbons (Fsp3) is 0.929. The van der Waals surface area contributed by atoms with E-state index in [1.165, 1.54) is 32.1 Å². The van der Waals surface area contributed by atoms with Gasteiger partial charge < -0.3 is 5.11 Å². The van der Waals surface area contributed by atoms with Gasteiger partial charge >= 0.3 is 5.97 Å². The van der Waals surface area contributed by atoms with Gasteiger partial charge in [-0.2, -0.15) is 0 Å². The molecule has 0 aliphatic carbocycles. The van der Waals surface area contributed by atoms with Crippen LogP contribution in [0.25, 0.3) is 0 Å². The van der Waals surface area contributed by atoms with E-state index in [0.717, 1.165) is 25.2 Å². The standard InChI is InChI=1S/C14H28O2/c1-4-6-7-9-12(3)10-8-11-13(5-2)14(15)16/h12-13H,4-11H2,1-3H3,(H,15,16). The fourth-order valence-electron chi connectivity index (χ4n) is 2.10. The van der Waals surface area contributed by atoms with Crippen LogP contribution in [0.4, 0.5) is 0 Å². The van der Waals surface area contributed by atoms with Gasteiger partial charge in [-0.1, -0.05) is 59.3 Å². The summed E-state index contributed by atoms with van der Waals surface area (Å²) >= 11 is 0. The van der Waals surface area contributed by atoms with Gasteiger partial charge in [0.15, 0.2) is 0 Å². The Hall–Kier alpha value is -0.530. The van der Waals surface area contributed by atoms with Gasteiger partial charge in [-0.05, 0) is 18.8 Å². The predicted octanol–water partition coefficient (Wildman–Crippen LogP) is 4.48. The molecule has 0 aromatic heterocycles. The number of carboxylic acid groups (broad SMARTS) is 1. The minimum absolute atomic E-state index is 0.122. The van der Waals surface area contributed by atoms with E-state index in [9.17, 15) is 4.79 Å². The van der Waals surface area contributed by atoms with Crippen molar-refractivity contribution in [3.05, 3.63) is 0 Å². The monoisotopic (exact) mass is 228 g/mol. The quantitative estimate of drug-likeness (QED) is 0.560. The van der Waals surface area contributed by atoms with Gasteiger partial charge in [0.1, 0.15) is 0 Å². The first-order chi connectivity index (χ1) is 7.61. The lowest BCUT2D eigenvalue weighted by Crippen LogP contribution is -2.12. The van der Waals surface area contributed by atoms with Crippen LogP contribution < -0.4 is 0 Å². The summed E-state index contributed by atoms with van der Waals surface area (Å²) in [6.07, 6.45) is 9.11. The van der Waals surface area contributed by atoms with Crippen LogP contribution >= 0.6 is 0 Å². The van der Waals surface area contributed by atoms with E-state index in [1.54, 1.807) is 0 Å². The molecule has 2 unspecified atom stereocenters. The van der Waals surface area contributed by atoms with Crippen molar-refractivity contribution in [3.63, 3.8) is 0 Å². The molecule has 0 saturated heterocycles. The zero-order valence-electron chi connectivity index (χ0n) is 11.2. The average Bonchev–Trinajstić information content (AvgIpc) is 2.24. The number of hydrogen-bond acceptors (Lipinski definition) is 1. The van der Waals surface area contributed by atoms with Gasteiger partial charge in [-0.3, -0.25) is 4.79 Å².